The monoisotopic (exact) mass is 483 g/mol. The first-order valence-corrected chi connectivity index (χ1v) is 11.0. The predicted molar refractivity (Wildman–Crippen MR) is 135 cm³/mol. The lowest BCUT2D eigenvalue weighted by atomic mass is 10.0. The molecule has 2 aromatic rings. The van der Waals surface area contributed by atoms with Crippen molar-refractivity contribution in [2.75, 3.05) is 58.0 Å². The van der Waals surface area contributed by atoms with Gasteiger partial charge in [-0.1, -0.05) is 11.8 Å². The largest absolute Gasteiger partial charge is 0.394 e. The van der Waals surface area contributed by atoms with Crippen LogP contribution in [0.5, 0.6) is 0 Å². The summed E-state index contributed by atoms with van der Waals surface area (Å²) in [6.07, 6.45) is 1.53. The van der Waals surface area contributed by atoms with E-state index in [1.54, 1.807) is 0 Å². The van der Waals surface area contributed by atoms with E-state index in [0.29, 0.717) is 17.8 Å². The molecule has 0 saturated carbocycles. The maximum atomic E-state index is 12.5. The molecule has 5 N–H and O–H groups in total. The second-order valence-corrected chi connectivity index (χ2v) is 8.68. The lowest BCUT2D eigenvalue weighted by Gasteiger charge is -2.20. The summed E-state index contributed by atoms with van der Waals surface area (Å²) in [7, 11) is 6.02. The van der Waals surface area contributed by atoms with Crippen molar-refractivity contribution in [3.8, 4) is 11.8 Å². The number of hydrogen-bond acceptors (Lipinski definition) is 8. The normalized spacial score (nSPS) is 12.6. The molecule has 0 unspecified atom stereocenters. The summed E-state index contributed by atoms with van der Waals surface area (Å²) in [6, 6.07) is 7.59. The SMILES string of the molecule is CN(C)CCN(C)CC#CCn1ccc(NC(=O)c2ccc(NC(=O)[C@@](C)(N)CO)cc2)nc1=O. The average Bonchev–Trinajstić information content (AvgIpc) is 2.82. The molecule has 35 heavy (non-hydrogen) atoms. The second-order valence-electron chi connectivity index (χ2n) is 8.68. The number of carbonyl (C=O) groups is 2. The van der Waals surface area contributed by atoms with Crippen LogP contribution in [0.1, 0.15) is 17.3 Å². The molecule has 1 aromatic carbocycles. The number of likely N-dealkylation sites (N-methyl/N-ethyl adjacent to an activating group) is 2. The summed E-state index contributed by atoms with van der Waals surface area (Å²) in [5, 5.41) is 14.3. The van der Waals surface area contributed by atoms with Gasteiger partial charge in [-0.2, -0.15) is 4.98 Å². The number of anilines is 2. The zero-order valence-electron chi connectivity index (χ0n) is 20.5. The van der Waals surface area contributed by atoms with Gasteiger partial charge in [-0.3, -0.25) is 19.1 Å². The van der Waals surface area contributed by atoms with Gasteiger partial charge in [0, 0.05) is 30.5 Å². The van der Waals surface area contributed by atoms with E-state index in [9.17, 15) is 14.4 Å². The highest BCUT2D eigenvalue weighted by Crippen LogP contribution is 2.13. The number of aliphatic hydroxyl groups is 1. The lowest BCUT2D eigenvalue weighted by Crippen LogP contribution is -2.51. The van der Waals surface area contributed by atoms with Crippen LogP contribution in [-0.4, -0.2) is 89.2 Å². The molecule has 0 aliphatic rings. The summed E-state index contributed by atoms with van der Waals surface area (Å²) in [6.45, 7) is 3.53. The highest BCUT2D eigenvalue weighted by molar-refractivity contribution is 6.04. The number of nitrogens with zero attached hydrogens (tertiary/aromatic N) is 4. The third-order valence-electron chi connectivity index (χ3n) is 5.02. The first-order chi connectivity index (χ1) is 16.5. The number of nitrogens with two attached hydrogens (primary N) is 1. The summed E-state index contributed by atoms with van der Waals surface area (Å²) in [5.74, 6) is 5.09. The van der Waals surface area contributed by atoms with E-state index in [1.165, 1.54) is 48.0 Å². The van der Waals surface area contributed by atoms with Gasteiger partial charge in [-0.05, 0) is 58.4 Å². The van der Waals surface area contributed by atoms with Gasteiger partial charge in [0.25, 0.3) is 5.91 Å². The fraction of sp³-hybridized carbons (Fsp3) is 0.417. The van der Waals surface area contributed by atoms with Gasteiger partial charge in [0.05, 0.1) is 19.7 Å². The summed E-state index contributed by atoms with van der Waals surface area (Å²) < 4.78 is 1.36. The minimum absolute atomic E-state index is 0.117. The molecular weight excluding hydrogens is 450 g/mol. The highest BCUT2D eigenvalue weighted by atomic mass is 16.3. The quantitative estimate of drug-likeness (QED) is 0.335. The summed E-state index contributed by atoms with van der Waals surface area (Å²) in [4.78, 5) is 44.9. The minimum atomic E-state index is -1.42. The molecule has 188 valence electrons. The standard InChI is InChI=1S/C24H33N7O4/c1-24(25,17-32)22(34)26-19-9-7-18(8-10-19)21(33)27-20-11-14-31(23(35)28-20)13-6-5-12-30(4)16-15-29(2)3/h7-11,14,32H,12-13,15-17,25H2,1-4H3,(H,26,34)(H,27,28,33,35)/t24-/m0/s1. The van der Waals surface area contributed by atoms with Crippen LogP contribution in [0.15, 0.2) is 41.3 Å². The third-order valence-corrected chi connectivity index (χ3v) is 5.02. The van der Waals surface area contributed by atoms with Crippen molar-refractivity contribution >= 4 is 23.3 Å². The first kappa shape index (κ1) is 27.7. The Bertz CT molecular complexity index is 1130. The van der Waals surface area contributed by atoms with Gasteiger partial charge in [0.2, 0.25) is 5.91 Å². The van der Waals surface area contributed by atoms with Crippen LogP contribution in [0.3, 0.4) is 0 Å². The molecule has 0 spiro atoms. The molecule has 0 aliphatic heterocycles. The third kappa shape index (κ3) is 8.95. The fourth-order valence-corrected chi connectivity index (χ4v) is 2.64. The fourth-order valence-electron chi connectivity index (χ4n) is 2.64. The van der Waals surface area contributed by atoms with Crippen LogP contribution in [0.4, 0.5) is 11.5 Å². The van der Waals surface area contributed by atoms with E-state index in [2.05, 4.69) is 37.3 Å². The van der Waals surface area contributed by atoms with Crippen LogP contribution in [-0.2, 0) is 11.3 Å². The zero-order chi connectivity index (χ0) is 26.0. The molecule has 2 amide bonds. The number of nitrogens with one attached hydrogen (secondary N) is 2. The number of benzene rings is 1. The summed E-state index contributed by atoms with van der Waals surface area (Å²) in [5.41, 5.74) is 4.47. The van der Waals surface area contributed by atoms with Crippen molar-refractivity contribution in [2.24, 2.45) is 5.73 Å². The number of amides is 2. The first-order valence-electron chi connectivity index (χ1n) is 11.0. The van der Waals surface area contributed by atoms with E-state index in [0.717, 1.165) is 13.1 Å². The van der Waals surface area contributed by atoms with Crippen molar-refractivity contribution < 1.29 is 14.7 Å². The van der Waals surface area contributed by atoms with Gasteiger partial charge >= 0.3 is 5.69 Å². The Morgan fingerprint density at radius 2 is 1.80 bits per heavy atom. The molecule has 1 atom stereocenters. The maximum absolute atomic E-state index is 12.5. The van der Waals surface area contributed by atoms with E-state index in [4.69, 9.17) is 10.8 Å². The Kier molecular flexibility index (Phi) is 10.1. The van der Waals surface area contributed by atoms with Crippen molar-refractivity contribution in [3.05, 3.63) is 52.6 Å². The topological polar surface area (TPSA) is 146 Å². The predicted octanol–water partition coefficient (Wildman–Crippen LogP) is -0.359. The molecule has 0 radical (unpaired) electrons. The lowest BCUT2D eigenvalue weighted by molar-refractivity contribution is -0.121. The highest BCUT2D eigenvalue weighted by Gasteiger charge is 2.27. The van der Waals surface area contributed by atoms with E-state index >= 15 is 0 Å². The maximum Gasteiger partial charge on any atom is 0.350 e. The average molecular weight is 484 g/mol. The molecule has 1 heterocycles. The molecule has 0 bridgehead atoms. The zero-order valence-corrected chi connectivity index (χ0v) is 20.5. The van der Waals surface area contributed by atoms with Gasteiger partial charge in [-0.15, -0.1) is 0 Å². The van der Waals surface area contributed by atoms with Gasteiger partial charge in [0.15, 0.2) is 0 Å². The van der Waals surface area contributed by atoms with Gasteiger partial charge in [0.1, 0.15) is 11.4 Å². The Hall–Kier alpha value is -3.56. The number of aromatic nitrogens is 2. The molecule has 11 heteroatoms. The van der Waals surface area contributed by atoms with Crippen molar-refractivity contribution in [2.45, 2.75) is 19.0 Å². The number of rotatable bonds is 10. The van der Waals surface area contributed by atoms with E-state index in [-0.39, 0.29) is 12.4 Å². The molecule has 11 nitrogen and oxygen atoms in total. The van der Waals surface area contributed by atoms with Crippen molar-refractivity contribution in [1.82, 2.24) is 19.4 Å². The number of carbonyl (C=O) groups excluding carboxylic acids is 2. The molecule has 0 aliphatic carbocycles. The second kappa shape index (κ2) is 12.8. The van der Waals surface area contributed by atoms with Crippen LogP contribution >= 0.6 is 0 Å². The minimum Gasteiger partial charge on any atom is -0.394 e. The smallest absolute Gasteiger partial charge is 0.350 e. The van der Waals surface area contributed by atoms with Gasteiger partial charge in [-0.25, -0.2) is 4.79 Å². The van der Waals surface area contributed by atoms with E-state index in [1.807, 2.05) is 21.1 Å². The Balaban J connectivity index is 1.92. The number of hydrogen-bond donors (Lipinski definition) is 4. The van der Waals surface area contributed by atoms with Crippen molar-refractivity contribution in [1.29, 1.82) is 0 Å². The van der Waals surface area contributed by atoms with Crippen LogP contribution < -0.4 is 22.1 Å². The van der Waals surface area contributed by atoms with Crippen LogP contribution in [0.2, 0.25) is 0 Å². The molecule has 2 rings (SSSR count). The van der Waals surface area contributed by atoms with E-state index < -0.39 is 29.6 Å². The molecule has 1 aromatic heterocycles. The molecular formula is C24H33N7O4. The van der Waals surface area contributed by atoms with Crippen molar-refractivity contribution in [3.63, 3.8) is 0 Å². The summed E-state index contributed by atoms with van der Waals surface area (Å²) >= 11 is 0. The molecule has 0 fully saturated rings. The van der Waals surface area contributed by atoms with Crippen LogP contribution in [0.25, 0.3) is 0 Å². The number of aliphatic hydroxyl groups excluding tert-OH is 1. The van der Waals surface area contributed by atoms with Crippen LogP contribution in [0, 0.1) is 11.8 Å². The van der Waals surface area contributed by atoms with Gasteiger partial charge < -0.3 is 26.4 Å². The Labute approximate surface area is 204 Å². The Morgan fingerprint density at radius 3 is 2.40 bits per heavy atom. The Morgan fingerprint density at radius 1 is 1.11 bits per heavy atom. The molecule has 0 saturated heterocycles.